The Labute approximate surface area is 133 Å². The lowest BCUT2D eigenvalue weighted by Crippen LogP contribution is -2.44. The van der Waals surface area contributed by atoms with Crippen LogP contribution in [0, 0.1) is 0 Å². The molecule has 23 heavy (non-hydrogen) atoms. The largest absolute Gasteiger partial charge is 0.488 e. The average Bonchev–Trinajstić information content (AvgIpc) is 3.14. The number of carbonyl (C=O) groups is 2. The summed E-state index contributed by atoms with van der Waals surface area (Å²) in [7, 11) is 1.68. The van der Waals surface area contributed by atoms with Crippen molar-refractivity contribution in [2.24, 2.45) is 12.8 Å². The van der Waals surface area contributed by atoms with E-state index in [1.807, 2.05) is 30.3 Å². The molecule has 1 aliphatic rings. The number of nitrogens with zero attached hydrogens (tertiary/aromatic N) is 3. The maximum absolute atomic E-state index is 12.6. The van der Waals surface area contributed by atoms with Gasteiger partial charge >= 0.3 is 0 Å². The minimum Gasteiger partial charge on any atom is -0.488 e. The Morgan fingerprint density at radius 1 is 1.26 bits per heavy atom. The van der Waals surface area contributed by atoms with Crippen molar-refractivity contribution in [2.75, 3.05) is 6.54 Å². The predicted octanol–water partition coefficient (Wildman–Crippen LogP) is 0.568. The molecule has 2 N–H and O–H groups in total. The number of aromatic nitrogens is 2. The maximum atomic E-state index is 12.6. The highest BCUT2D eigenvalue weighted by Gasteiger charge is 2.40. The van der Waals surface area contributed by atoms with Gasteiger partial charge in [-0.15, -0.1) is 0 Å². The van der Waals surface area contributed by atoms with Gasteiger partial charge in [-0.2, -0.15) is 5.10 Å². The van der Waals surface area contributed by atoms with Crippen molar-refractivity contribution in [1.29, 1.82) is 0 Å². The quantitative estimate of drug-likeness (QED) is 0.893. The Hall–Kier alpha value is -2.83. The lowest BCUT2D eigenvalue weighted by atomic mass is 10.2. The first kappa shape index (κ1) is 15.1. The van der Waals surface area contributed by atoms with Gasteiger partial charge in [0.1, 0.15) is 23.6 Å². The SMILES string of the molecule is Cn1nccc1C(=O)N1C[C@@H](Oc2ccccc2)C[C@H]1C(N)=O. The fraction of sp³-hybridized carbons (Fsp3) is 0.312. The number of benzene rings is 1. The van der Waals surface area contributed by atoms with E-state index in [1.165, 1.54) is 9.58 Å². The van der Waals surface area contributed by atoms with E-state index >= 15 is 0 Å². The van der Waals surface area contributed by atoms with Crippen LogP contribution in [0.5, 0.6) is 5.75 Å². The van der Waals surface area contributed by atoms with Gasteiger partial charge in [-0.1, -0.05) is 18.2 Å². The third-order valence-electron chi connectivity index (χ3n) is 3.94. The standard InChI is InChI=1S/C16H18N4O3/c1-19-13(7-8-18-19)16(22)20-10-12(9-14(20)15(17)21)23-11-5-3-2-4-6-11/h2-8,12,14H,9-10H2,1H3,(H2,17,21)/t12-,14-/m0/s1. The molecule has 7 nitrogen and oxygen atoms in total. The highest BCUT2D eigenvalue weighted by molar-refractivity contribution is 5.96. The van der Waals surface area contributed by atoms with E-state index in [-0.39, 0.29) is 12.0 Å². The smallest absolute Gasteiger partial charge is 0.272 e. The predicted molar refractivity (Wildman–Crippen MR) is 82.7 cm³/mol. The van der Waals surface area contributed by atoms with Crippen molar-refractivity contribution in [1.82, 2.24) is 14.7 Å². The summed E-state index contributed by atoms with van der Waals surface area (Å²) in [4.78, 5) is 25.8. The number of ether oxygens (including phenoxy) is 1. The second-order valence-electron chi connectivity index (χ2n) is 5.50. The number of hydrogen-bond donors (Lipinski definition) is 1. The van der Waals surface area contributed by atoms with E-state index in [0.717, 1.165) is 0 Å². The molecule has 2 atom stereocenters. The molecule has 1 aromatic heterocycles. The molecular formula is C16H18N4O3. The minimum absolute atomic E-state index is 0.270. The molecule has 2 aromatic rings. The molecule has 120 valence electrons. The van der Waals surface area contributed by atoms with Crippen LogP contribution in [-0.4, -0.2) is 45.2 Å². The average molecular weight is 314 g/mol. The van der Waals surface area contributed by atoms with Gasteiger partial charge < -0.3 is 15.4 Å². The van der Waals surface area contributed by atoms with Crippen molar-refractivity contribution >= 4 is 11.8 Å². The number of aryl methyl sites for hydroxylation is 1. The second-order valence-corrected chi connectivity index (χ2v) is 5.50. The number of amides is 2. The van der Waals surface area contributed by atoms with E-state index in [0.29, 0.717) is 24.4 Å². The zero-order valence-corrected chi connectivity index (χ0v) is 12.8. The summed E-state index contributed by atoms with van der Waals surface area (Å²) in [5.41, 5.74) is 5.88. The van der Waals surface area contributed by atoms with E-state index in [4.69, 9.17) is 10.5 Å². The van der Waals surface area contributed by atoms with Crippen LogP contribution in [0.2, 0.25) is 0 Å². The molecule has 1 saturated heterocycles. The van der Waals surface area contributed by atoms with Gasteiger partial charge in [-0.3, -0.25) is 14.3 Å². The van der Waals surface area contributed by atoms with Crippen LogP contribution in [0.3, 0.4) is 0 Å². The molecule has 0 saturated carbocycles. The first-order chi connectivity index (χ1) is 11.1. The van der Waals surface area contributed by atoms with Crippen LogP contribution in [0.1, 0.15) is 16.9 Å². The number of hydrogen-bond acceptors (Lipinski definition) is 4. The molecule has 0 aliphatic carbocycles. The third kappa shape index (κ3) is 3.03. The number of likely N-dealkylation sites (tertiary alicyclic amines) is 1. The second kappa shape index (κ2) is 6.12. The molecule has 0 radical (unpaired) electrons. The molecule has 1 aliphatic heterocycles. The molecule has 0 spiro atoms. The van der Waals surface area contributed by atoms with Crippen molar-refractivity contribution in [3.8, 4) is 5.75 Å². The monoisotopic (exact) mass is 314 g/mol. The van der Waals surface area contributed by atoms with Crippen molar-refractivity contribution in [2.45, 2.75) is 18.6 Å². The van der Waals surface area contributed by atoms with Gasteiger partial charge in [-0.25, -0.2) is 0 Å². The molecule has 2 heterocycles. The van der Waals surface area contributed by atoms with Crippen molar-refractivity contribution < 1.29 is 14.3 Å². The van der Waals surface area contributed by atoms with Gasteiger partial charge in [-0.05, 0) is 18.2 Å². The van der Waals surface area contributed by atoms with Crippen LogP contribution in [0.15, 0.2) is 42.6 Å². The molecule has 7 heteroatoms. The van der Waals surface area contributed by atoms with Gasteiger partial charge in [0.2, 0.25) is 5.91 Å². The summed E-state index contributed by atoms with van der Waals surface area (Å²) in [6.07, 6.45) is 1.65. The number of carbonyl (C=O) groups excluding carboxylic acids is 2. The number of para-hydroxylation sites is 1. The van der Waals surface area contributed by atoms with Crippen LogP contribution >= 0.6 is 0 Å². The third-order valence-corrected chi connectivity index (χ3v) is 3.94. The summed E-state index contributed by atoms with van der Waals surface area (Å²) >= 11 is 0. The summed E-state index contributed by atoms with van der Waals surface area (Å²) in [6, 6.07) is 10.3. The van der Waals surface area contributed by atoms with Crippen molar-refractivity contribution in [3.63, 3.8) is 0 Å². The van der Waals surface area contributed by atoms with E-state index in [1.54, 1.807) is 19.3 Å². The first-order valence-corrected chi connectivity index (χ1v) is 7.36. The van der Waals surface area contributed by atoms with Crippen LogP contribution in [0.25, 0.3) is 0 Å². The molecule has 1 fully saturated rings. The highest BCUT2D eigenvalue weighted by atomic mass is 16.5. The number of nitrogens with two attached hydrogens (primary N) is 1. The van der Waals surface area contributed by atoms with E-state index < -0.39 is 11.9 Å². The van der Waals surface area contributed by atoms with Crippen LogP contribution in [-0.2, 0) is 11.8 Å². The Morgan fingerprint density at radius 2 is 2.00 bits per heavy atom. The number of primary amides is 1. The number of rotatable bonds is 4. The molecule has 3 rings (SSSR count). The Bertz CT molecular complexity index is 713. The topological polar surface area (TPSA) is 90.4 Å². The Kier molecular flexibility index (Phi) is 4.01. The summed E-state index contributed by atoms with van der Waals surface area (Å²) in [5, 5.41) is 3.99. The van der Waals surface area contributed by atoms with Crippen LogP contribution < -0.4 is 10.5 Å². The van der Waals surface area contributed by atoms with Gasteiger partial charge in [0.25, 0.3) is 5.91 Å². The zero-order chi connectivity index (χ0) is 16.4. The minimum atomic E-state index is -0.675. The van der Waals surface area contributed by atoms with Crippen molar-refractivity contribution in [3.05, 3.63) is 48.3 Å². The molecule has 2 amide bonds. The summed E-state index contributed by atoms with van der Waals surface area (Å²) < 4.78 is 7.34. The van der Waals surface area contributed by atoms with Gasteiger partial charge in [0.05, 0.1) is 6.54 Å². The van der Waals surface area contributed by atoms with E-state index in [2.05, 4.69) is 5.10 Å². The maximum Gasteiger partial charge on any atom is 0.272 e. The Morgan fingerprint density at radius 3 is 2.61 bits per heavy atom. The molecule has 0 unspecified atom stereocenters. The van der Waals surface area contributed by atoms with E-state index in [9.17, 15) is 9.59 Å². The van der Waals surface area contributed by atoms with Gasteiger partial charge in [0.15, 0.2) is 0 Å². The first-order valence-electron chi connectivity index (χ1n) is 7.36. The normalized spacial score (nSPS) is 20.5. The lowest BCUT2D eigenvalue weighted by Gasteiger charge is -2.21. The highest BCUT2D eigenvalue weighted by Crippen LogP contribution is 2.24. The fourth-order valence-electron chi connectivity index (χ4n) is 2.80. The lowest BCUT2D eigenvalue weighted by molar-refractivity contribution is -0.121. The summed E-state index contributed by atoms with van der Waals surface area (Å²) in [5.74, 6) is -0.0943. The zero-order valence-electron chi connectivity index (χ0n) is 12.8. The summed E-state index contributed by atoms with van der Waals surface area (Å²) in [6.45, 7) is 0.312. The molecule has 1 aromatic carbocycles. The molecule has 0 bridgehead atoms. The fourth-order valence-corrected chi connectivity index (χ4v) is 2.80. The van der Waals surface area contributed by atoms with Gasteiger partial charge in [0, 0.05) is 19.7 Å². The Balaban J connectivity index is 1.78. The van der Waals surface area contributed by atoms with Crippen LogP contribution in [0.4, 0.5) is 0 Å². The molecular weight excluding hydrogens is 296 g/mol.